The van der Waals surface area contributed by atoms with Crippen LogP contribution in [0, 0.1) is 6.57 Å². The van der Waals surface area contributed by atoms with Crippen molar-refractivity contribution < 1.29 is 5.11 Å². The van der Waals surface area contributed by atoms with Gasteiger partial charge in [-0.1, -0.05) is 0 Å². The highest BCUT2D eigenvalue weighted by Gasteiger charge is 1.92. The van der Waals surface area contributed by atoms with Crippen LogP contribution in [0.3, 0.4) is 0 Å². The Hall–Kier alpha value is -1.40. The maximum absolute atomic E-state index is 8.59. The topological polar surface area (TPSA) is 37.5 Å². The van der Waals surface area contributed by atoms with Crippen molar-refractivity contribution in [2.75, 3.05) is 0 Å². The second-order valence-corrected chi connectivity index (χ2v) is 1.78. The lowest BCUT2D eigenvalue weighted by atomic mass is 10.3. The maximum Gasteiger partial charge on any atom is 0.190 e. The van der Waals surface area contributed by atoms with E-state index in [2.05, 4.69) is 9.83 Å². The van der Waals surface area contributed by atoms with Crippen molar-refractivity contribution >= 4 is 5.69 Å². The van der Waals surface area contributed by atoms with E-state index in [1.54, 1.807) is 12.1 Å². The Morgan fingerprint density at radius 2 is 2.50 bits per heavy atom. The van der Waals surface area contributed by atoms with Crippen molar-refractivity contribution in [1.82, 2.24) is 4.98 Å². The second-order valence-electron chi connectivity index (χ2n) is 1.78. The zero-order valence-electron chi connectivity index (χ0n) is 5.28. The lowest BCUT2D eigenvalue weighted by Gasteiger charge is -1.92. The van der Waals surface area contributed by atoms with Crippen molar-refractivity contribution in [3.63, 3.8) is 0 Å². The number of pyridine rings is 1. The lowest BCUT2D eigenvalue weighted by molar-refractivity contribution is 0.277. The molecule has 50 valence electrons. The lowest BCUT2D eigenvalue weighted by Crippen LogP contribution is -1.85. The van der Waals surface area contributed by atoms with E-state index >= 15 is 0 Å². The molecule has 1 N–H and O–H groups in total. The van der Waals surface area contributed by atoms with Crippen LogP contribution in [0.1, 0.15) is 5.69 Å². The fraction of sp³-hybridized carbons (Fsp3) is 0.143. The Morgan fingerprint density at radius 1 is 1.70 bits per heavy atom. The Kier molecular flexibility index (Phi) is 1.98. The molecule has 1 aromatic heterocycles. The highest BCUT2D eigenvalue weighted by atomic mass is 16.3. The van der Waals surface area contributed by atoms with Gasteiger partial charge in [-0.15, -0.1) is 0 Å². The molecule has 10 heavy (non-hydrogen) atoms. The van der Waals surface area contributed by atoms with Gasteiger partial charge in [-0.05, 0) is 12.1 Å². The quantitative estimate of drug-likeness (QED) is 0.584. The molecule has 0 amide bonds. The summed E-state index contributed by atoms with van der Waals surface area (Å²) in [5, 5.41) is 8.59. The van der Waals surface area contributed by atoms with Gasteiger partial charge in [0.15, 0.2) is 5.69 Å². The molecule has 1 aromatic rings. The minimum absolute atomic E-state index is 0.108. The average Bonchev–Trinajstić information content (AvgIpc) is 2.05. The summed E-state index contributed by atoms with van der Waals surface area (Å²) in [5.74, 6) is 0. The number of hydrogen-bond acceptors (Lipinski definition) is 2. The summed E-state index contributed by atoms with van der Waals surface area (Å²) >= 11 is 0. The van der Waals surface area contributed by atoms with Gasteiger partial charge in [0.1, 0.15) is 0 Å². The highest BCUT2D eigenvalue weighted by Crippen LogP contribution is 2.10. The van der Waals surface area contributed by atoms with Crippen molar-refractivity contribution in [1.29, 1.82) is 0 Å². The summed E-state index contributed by atoms with van der Waals surface area (Å²) in [6.45, 7) is 6.52. The Morgan fingerprint density at radius 3 is 3.10 bits per heavy atom. The summed E-state index contributed by atoms with van der Waals surface area (Å²) < 4.78 is 0. The van der Waals surface area contributed by atoms with Gasteiger partial charge in [0.25, 0.3) is 0 Å². The zero-order chi connectivity index (χ0) is 7.40. The zero-order valence-corrected chi connectivity index (χ0v) is 5.28. The van der Waals surface area contributed by atoms with E-state index < -0.39 is 0 Å². The summed E-state index contributed by atoms with van der Waals surface area (Å²) in [6.07, 6.45) is 1.51. The smallest absolute Gasteiger partial charge is 0.190 e. The van der Waals surface area contributed by atoms with Crippen molar-refractivity contribution in [2.24, 2.45) is 0 Å². The van der Waals surface area contributed by atoms with Gasteiger partial charge in [0.05, 0.1) is 18.9 Å². The fourth-order valence-corrected chi connectivity index (χ4v) is 0.621. The predicted octanol–water partition coefficient (Wildman–Crippen LogP) is 1.12. The van der Waals surface area contributed by atoms with Gasteiger partial charge in [0, 0.05) is 6.20 Å². The van der Waals surface area contributed by atoms with Crippen LogP contribution in [0.4, 0.5) is 5.69 Å². The van der Waals surface area contributed by atoms with Crippen LogP contribution < -0.4 is 0 Å². The molecule has 0 aliphatic carbocycles. The van der Waals surface area contributed by atoms with Gasteiger partial charge >= 0.3 is 0 Å². The number of aliphatic hydroxyl groups is 1. The molecule has 0 atom stereocenters. The molecule has 0 unspecified atom stereocenters. The largest absolute Gasteiger partial charge is 0.390 e. The fourth-order valence-electron chi connectivity index (χ4n) is 0.621. The average molecular weight is 134 g/mol. The van der Waals surface area contributed by atoms with E-state index in [0.29, 0.717) is 11.4 Å². The normalized spacial score (nSPS) is 8.80. The van der Waals surface area contributed by atoms with Crippen LogP contribution in [0.5, 0.6) is 0 Å². The predicted molar refractivity (Wildman–Crippen MR) is 36.4 cm³/mol. The molecule has 0 aliphatic rings. The van der Waals surface area contributed by atoms with E-state index in [0.717, 1.165) is 0 Å². The third-order valence-corrected chi connectivity index (χ3v) is 1.09. The van der Waals surface area contributed by atoms with E-state index in [4.69, 9.17) is 11.7 Å². The number of hydrogen-bond donors (Lipinski definition) is 1. The first-order valence-corrected chi connectivity index (χ1v) is 2.80. The molecule has 0 saturated carbocycles. The monoisotopic (exact) mass is 134 g/mol. The molecule has 0 spiro atoms. The number of nitrogens with zero attached hydrogens (tertiary/aromatic N) is 2. The first-order chi connectivity index (χ1) is 4.86. The van der Waals surface area contributed by atoms with Crippen LogP contribution in [-0.4, -0.2) is 10.1 Å². The van der Waals surface area contributed by atoms with Crippen molar-refractivity contribution in [3.8, 4) is 0 Å². The molecule has 0 fully saturated rings. The molecule has 0 bridgehead atoms. The number of aromatic nitrogens is 1. The molecule has 0 saturated heterocycles. The first kappa shape index (κ1) is 6.72. The van der Waals surface area contributed by atoms with Crippen LogP contribution >= 0.6 is 0 Å². The van der Waals surface area contributed by atoms with Gasteiger partial charge in [-0.2, -0.15) is 0 Å². The van der Waals surface area contributed by atoms with Crippen LogP contribution in [0.2, 0.25) is 0 Å². The van der Waals surface area contributed by atoms with Crippen molar-refractivity contribution in [2.45, 2.75) is 6.61 Å². The van der Waals surface area contributed by atoms with E-state index in [1.165, 1.54) is 6.20 Å². The molecule has 0 radical (unpaired) electrons. The van der Waals surface area contributed by atoms with Crippen LogP contribution in [0.25, 0.3) is 4.85 Å². The minimum atomic E-state index is -0.108. The molecule has 3 heteroatoms. The Labute approximate surface area is 58.8 Å². The second kappa shape index (κ2) is 2.95. The summed E-state index contributed by atoms with van der Waals surface area (Å²) in [5.41, 5.74) is 1.05. The number of aliphatic hydroxyl groups excluding tert-OH is 1. The minimum Gasteiger partial charge on any atom is -0.390 e. The third kappa shape index (κ3) is 1.30. The van der Waals surface area contributed by atoms with Crippen LogP contribution in [0.15, 0.2) is 18.3 Å². The Bertz CT molecular complexity index is 265. The maximum atomic E-state index is 8.59. The van der Waals surface area contributed by atoms with E-state index in [1.807, 2.05) is 0 Å². The van der Waals surface area contributed by atoms with E-state index in [-0.39, 0.29) is 6.61 Å². The van der Waals surface area contributed by atoms with Crippen molar-refractivity contribution in [3.05, 3.63) is 35.4 Å². The van der Waals surface area contributed by atoms with E-state index in [9.17, 15) is 0 Å². The van der Waals surface area contributed by atoms with Crippen LogP contribution in [-0.2, 0) is 6.61 Å². The van der Waals surface area contributed by atoms with Gasteiger partial charge in [-0.25, -0.2) is 4.85 Å². The molecule has 1 heterocycles. The summed E-state index contributed by atoms with van der Waals surface area (Å²) in [4.78, 5) is 6.99. The highest BCUT2D eigenvalue weighted by molar-refractivity contribution is 5.43. The summed E-state index contributed by atoms with van der Waals surface area (Å²) in [7, 11) is 0. The molecule has 0 aromatic carbocycles. The van der Waals surface area contributed by atoms with Gasteiger partial charge in [-0.3, -0.25) is 4.98 Å². The SMILES string of the molecule is [C-]#[N+]c1ccnc(CO)c1. The molecule has 1 rings (SSSR count). The number of rotatable bonds is 1. The standard InChI is InChI=1S/C7H6N2O/c1-8-6-2-3-9-7(4-6)5-10/h2-4,10H,5H2. The first-order valence-electron chi connectivity index (χ1n) is 2.80. The Balaban J connectivity index is 3.01. The molecular weight excluding hydrogens is 128 g/mol. The van der Waals surface area contributed by atoms with Gasteiger partial charge in [0.2, 0.25) is 0 Å². The third-order valence-electron chi connectivity index (χ3n) is 1.09. The molecule has 3 nitrogen and oxygen atoms in total. The molecule has 0 aliphatic heterocycles. The molecular formula is C7H6N2O. The van der Waals surface area contributed by atoms with Gasteiger partial charge < -0.3 is 5.11 Å². The summed E-state index contributed by atoms with van der Waals surface area (Å²) in [6, 6.07) is 3.17.